The summed E-state index contributed by atoms with van der Waals surface area (Å²) in [5.41, 5.74) is 2.42. The van der Waals surface area contributed by atoms with Gasteiger partial charge in [0.2, 0.25) is 0 Å². The van der Waals surface area contributed by atoms with Gasteiger partial charge in [0.05, 0.1) is 28.3 Å². The molecule has 0 spiro atoms. The van der Waals surface area contributed by atoms with Gasteiger partial charge in [-0.2, -0.15) is 0 Å². The van der Waals surface area contributed by atoms with Crippen LogP contribution in [-0.2, 0) is 9.31 Å². The van der Waals surface area contributed by atoms with E-state index in [1.54, 1.807) is 0 Å². The maximum atomic E-state index is 6.15. The summed E-state index contributed by atoms with van der Waals surface area (Å²) in [4.78, 5) is 8.23. The number of aromatic amines is 1. The van der Waals surface area contributed by atoms with Crippen molar-refractivity contribution in [2.75, 3.05) is 0 Å². The molecule has 0 unspecified atom stereocenters. The smallest absolute Gasteiger partial charge is 0.399 e. The first-order valence-electron chi connectivity index (χ1n) is 8.86. The van der Waals surface area contributed by atoms with E-state index in [9.17, 15) is 0 Å². The predicted octanol–water partition coefficient (Wildman–Crippen LogP) is 2.68. The molecule has 2 N–H and O–H groups in total. The van der Waals surface area contributed by atoms with Crippen LogP contribution in [-0.4, -0.2) is 34.3 Å². The number of rotatable bonds is 2. The highest BCUT2D eigenvalue weighted by Crippen LogP contribution is 2.36. The second-order valence-corrected chi connectivity index (χ2v) is 8.18. The van der Waals surface area contributed by atoms with Crippen molar-refractivity contribution < 1.29 is 9.31 Å². The number of aromatic nitrogens is 2. The van der Waals surface area contributed by atoms with Crippen molar-refractivity contribution in [2.45, 2.75) is 70.7 Å². The van der Waals surface area contributed by atoms with Gasteiger partial charge in [-0.25, -0.2) is 4.98 Å². The van der Waals surface area contributed by atoms with Gasteiger partial charge in [-0.3, -0.25) is 0 Å². The predicted molar refractivity (Wildman–Crippen MR) is 96.4 cm³/mol. The van der Waals surface area contributed by atoms with Crippen LogP contribution >= 0.6 is 0 Å². The molecule has 0 aliphatic carbocycles. The number of H-pyrrole nitrogens is 1. The minimum Gasteiger partial charge on any atom is -0.399 e. The highest BCUT2D eigenvalue weighted by atomic mass is 16.7. The average molecular weight is 327 g/mol. The van der Waals surface area contributed by atoms with Gasteiger partial charge >= 0.3 is 7.12 Å². The third kappa shape index (κ3) is 2.57. The van der Waals surface area contributed by atoms with E-state index in [1.807, 2.05) is 6.07 Å². The number of nitrogens with zero attached hydrogens (tertiary/aromatic N) is 1. The van der Waals surface area contributed by atoms with Crippen molar-refractivity contribution in [2.24, 2.45) is 0 Å². The minimum absolute atomic E-state index is 0.324. The molecule has 0 radical (unpaired) electrons. The maximum Gasteiger partial charge on any atom is 0.494 e. The zero-order valence-corrected chi connectivity index (χ0v) is 15.1. The van der Waals surface area contributed by atoms with Gasteiger partial charge in [-0.05, 0) is 65.1 Å². The largest absolute Gasteiger partial charge is 0.494 e. The Labute approximate surface area is 143 Å². The van der Waals surface area contributed by atoms with Crippen molar-refractivity contribution in [1.82, 2.24) is 15.3 Å². The van der Waals surface area contributed by atoms with Crippen molar-refractivity contribution in [1.29, 1.82) is 0 Å². The molecule has 24 heavy (non-hydrogen) atoms. The second-order valence-electron chi connectivity index (χ2n) is 8.18. The number of fused-ring (bicyclic) bond motifs is 1. The average Bonchev–Trinajstić information content (AvgIpc) is 3.15. The van der Waals surface area contributed by atoms with Gasteiger partial charge in [-0.15, -0.1) is 0 Å². The summed E-state index contributed by atoms with van der Waals surface area (Å²) in [5.74, 6) is 1.03. The molecule has 5 nitrogen and oxygen atoms in total. The summed E-state index contributed by atoms with van der Waals surface area (Å²) in [6.45, 7) is 10.5. The Morgan fingerprint density at radius 3 is 2.46 bits per heavy atom. The van der Waals surface area contributed by atoms with Gasteiger partial charge in [0.25, 0.3) is 0 Å². The van der Waals surface area contributed by atoms with Crippen LogP contribution in [0.1, 0.15) is 59.3 Å². The summed E-state index contributed by atoms with van der Waals surface area (Å²) in [7, 11) is -0.337. The van der Waals surface area contributed by atoms with Gasteiger partial charge in [-0.1, -0.05) is 6.07 Å². The zero-order valence-electron chi connectivity index (χ0n) is 15.1. The fourth-order valence-electron chi connectivity index (χ4n) is 3.48. The fraction of sp³-hybridized carbons (Fsp3) is 0.611. The highest BCUT2D eigenvalue weighted by molar-refractivity contribution is 6.62. The number of imidazole rings is 1. The molecule has 0 saturated carbocycles. The number of nitrogens with one attached hydrogen (secondary N) is 2. The number of benzene rings is 1. The lowest BCUT2D eigenvalue weighted by Crippen LogP contribution is -2.41. The highest BCUT2D eigenvalue weighted by Gasteiger charge is 2.51. The third-order valence-electron chi connectivity index (χ3n) is 5.75. The Bertz CT molecular complexity index is 755. The molecule has 2 aliphatic heterocycles. The van der Waals surface area contributed by atoms with E-state index in [2.05, 4.69) is 57.1 Å². The lowest BCUT2D eigenvalue weighted by Gasteiger charge is -2.32. The standard InChI is InChI=1S/C18H26BN3O2/c1-11-6-8-14(20-11)16-21-13-9-7-12(10-15(13)22-16)19-23-17(2,3)18(4,5)24-19/h7,9-11,14,20H,6,8H2,1-5H3,(H,21,22)/t11-,14-/m0/s1. The molecular formula is C18H26BN3O2. The van der Waals surface area contributed by atoms with Crippen LogP contribution in [0.2, 0.25) is 0 Å². The lowest BCUT2D eigenvalue weighted by atomic mass is 9.79. The van der Waals surface area contributed by atoms with E-state index in [0.29, 0.717) is 12.1 Å². The molecule has 0 amide bonds. The van der Waals surface area contributed by atoms with E-state index in [-0.39, 0.29) is 18.3 Å². The Balaban J connectivity index is 1.62. The van der Waals surface area contributed by atoms with E-state index in [0.717, 1.165) is 28.7 Å². The minimum atomic E-state index is -0.337. The molecule has 3 heterocycles. The van der Waals surface area contributed by atoms with Crippen LogP contribution in [0.25, 0.3) is 11.0 Å². The zero-order chi connectivity index (χ0) is 17.1. The van der Waals surface area contributed by atoms with Crippen LogP contribution in [0, 0.1) is 0 Å². The molecule has 0 bridgehead atoms. The first kappa shape index (κ1) is 16.1. The van der Waals surface area contributed by atoms with Crippen LogP contribution in [0.4, 0.5) is 0 Å². The van der Waals surface area contributed by atoms with E-state index in [1.165, 1.54) is 6.42 Å². The summed E-state index contributed by atoms with van der Waals surface area (Å²) < 4.78 is 12.3. The van der Waals surface area contributed by atoms with Gasteiger partial charge in [0, 0.05) is 6.04 Å². The molecule has 2 atom stereocenters. The fourth-order valence-corrected chi connectivity index (χ4v) is 3.48. The van der Waals surface area contributed by atoms with E-state index in [4.69, 9.17) is 14.3 Å². The molecule has 128 valence electrons. The Hall–Kier alpha value is -1.37. The third-order valence-corrected chi connectivity index (χ3v) is 5.75. The SMILES string of the molecule is C[C@H]1CC[C@@H](c2nc3ccc(B4OC(C)(C)C(C)(C)O4)cc3[nH]2)N1. The molecule has 2 aliphatic rings. The second kappa shape index (κ2) is 5.31. The maximum absolute atomic E-state index is 6.15. The first-order chi connectivity index (χ1) is 11.2. The molecular weight excluding hydrogens is 301 g/mol. The topological polar surface area (TPSA) is 59.2 Å². The first-order valence-corrected chi connectivity index (χ1v) is 8.86. The molecule has 2 fully saturated rings. The van der Waals surface area contributed by atoms with E-state index >= 15 is 0 Å². The number of hydrogen-bond acceptors (Lipinski definition) is 4. The number of hydrogen-bond donors (Lipinski definition) is 2. The summed E-state index contributed by atoms with van der Waals surface area (Å²) >= 11 is 0. The normalized spacial score (nSPS) is 28.8. The van der Waals surface area contributed by atoms with Crippen molar-refractivity contribution in [3.05, 3.63) is 24.0 Å². The van der Waals surface area contributed by atoms with Gasteiger partial charge < -0.3 is 19.6 Å². The van der Waals surface area contributed by atoms with Crippen molar-refractivity contribution in [3.63, 3.8) is 0 Å². The molecule has 4 rings (SSSR count). The Morgan fingerprint density at radius 1 is 1.12 bits per heavy atom. The Kier molecular flexibility index (Phi) is 3.57. The summed E-state index contributed by atoms with van der Waals surface area (Å²) in [6.07, 6.45) is 2.33. The molecule has 2 saturated heterocycles. The lowest BCUT2D eigenvalue weighted by molar-refractivity contribution is 0.00578. The monoisotopic (exact) mass is 327 g/mol. The van der Waals surface area contributed by atoms with Crippen LogP contribution in [0.15, 0.2) is 18.2 Å². The van der Waals surface area contributed by atoms with Crippen molar-refractivity contribution in [3.8, 4) is 0 Å². The Morgan fingerprint density at radius 2 is 1.83 bits per heavy atom. The van der Waals surface area contributed by atoms with Crippen LogP contribution < -0.4 is 10.8 Å². The summed E-state index contributed by atoms with van der Waals surface area (Å²) in [6, 6.07) is 7.09. The van der Waals surface area contributed by atoms with Crippen molar-refractivity contribution >= 4 is 23.6 Å². The molecule has 1 aromatic heterocycles. The van der Waals surface area contributed by atoms with E-state index < -0.39 is 0 Å². The van der Waals surface area contributed by atoms with Gasteiger partial charge in [0.1, 0.15) is 5.82 Å². The molecule has 2 aromatic rings. The van der Waals surface area contributed by atoms with Crippen LogP contribution in [0.5, 0.6) is 0 Å². The quantitative estimate of drug-likeness (QED) is 0.833. The van der Waals surface area contributed by atoms with Crippen LogP contribution in [0.3, 0.4) is 0 Å². The molecule has 1 aromatic carbocycles. The molecule has 6 heteroatoms. The summed E-state index contributed by atoms with van der Waals surface area (Å²) in [5, 5.41) is 3.58. The van der Waals surface area contributed by atoms with Gasteiger partial charge in [0.15, 0.2) is 0 Å².